The van der Waals surface area contributed by atoms with Gasteiger partial charge in [-0.05, 0) is 38.1 Å². The van der Waals surface area contributed by atoms with Crippen molar-refractivity contribution in [2.24, 2.45) is 5.92 Å². The van der Waals surface area contributed by atoms with E-state index in [0.29, 0.717) is 24.8 Å². The second-order valence-electron chi connectivity index (χ2n) is 7.47. The van der Waals surface area contributed by atoms with Crippen LogP contribution in [0.2, 0.25) is 0 Å². The second-order valence-corrected chi connectivity index (χ2v) is 7.47. The van der Waals surface area contributed by atoms with E-state index in [9.17, 15) is 4.79 Å². The molecule has 2 heterocycles. The topological polar surface area (TPSA) is 67.6 Å². The van der Waals surface area contributed by atoms with Crippen molar-refractivity contribution in [2.45, 2.75) is 50.9 Å². The maximum atomic E-state index is 12.0. The summed E-state index contributed by atoms with van der Waals surface area (Å²) in [6.07, 6.45) is 9.29. The molecule has 25 heavy (non-hydrogen) atoms. The fourth-order valence-electron chi connectivity index (χ4n) is 4.14. The molecule has 6 heteroatoms. The van der Waals surface area contributed by atoms with E-state index < -0.39 is 0 Å². The molecule has 0 spiro atoms. The fraction of sp³-hybridized carbons (Fsp3) is 0.789. The van der Waals surface area contributed by atoms with Gasteiger partial charge in [0.25, 0.3) is 5.91 Å². The first-order valence-electron chi connectivity index (χ1n) is 9.72. The van der Waals surface area contributed by atoms with Crippen molar-refractivity contribution in [3.8, 4) is 0 Å². The number of carbonyl (C=O) groups is 1. The number of nitrogens with zero attached hydrogens (tertiary/aromatic N) is 2. The molecule has 1 saturated carbocycles. The van der Waals surface area contributed by atoms with Crippen molar-refractivity contribution < 1.29 is 14.1 Å². The zero-order valence-electron chi connectivity index (χ0n) is 15.3. The average molecular weight is 349 g/mol. The zero-order chi connectivity index (χ0) is 17.5. The quantitative estimate of drug-likeness (QED) is 0.767. The number of amides is 1. The lowest BCUT2D eigenvalue weighted by atomic mass is 9.87. The highest BCUT2D eigenvalue weighted by atomic mass is 16.5. The van der Waals surface area contributed by atoms with Gasteiger partial charge in [0.2, 0.25) is 5.76 Å². The molecule has 1 amide bonds. The lowest BCUT2D eigenvalue weighted by Gasteiger charge is -2.35. The molecule has 0 unspecified atom stereocenters. The molecule has 3 rings (SSSR count). The van der Waals surface area contributed by atoms with E-state index in [1.807, 2.05) is 6.07 Å². The van der Waals surface area contributed by atoms with E-state index in [1.54, 1.807) is 7.11 Å². The molecule has 1 atom stereocenters. The number of hydrogen-bond donors (Lipinski definition) is 1. The largest absolute Gasteiger partial charge is 0.383 e. The van der Waals surface area contributed by atoms with Crippen LogP contribution in [-0.4, -0.2) is 55.9 Å². The van der Waals surface area contributed by atoms with Crippen molar-refractivity contribution in [3.05, 3.63) is 17.5 Å². The van der Waals surface area contributed by atoms with Crippen molar-refractivity contribution in [1.29, 1.82) is 0 Å². The number of piperidine rings is 1. The van der Waals surface area contributed by atoms with Gasteiger partial charge < -0.3 is 19.5 Å². The first kappa shape index (κ1) is 18.4. The predicted octanol–water partition coefficient (Wildman–Crippen LogP) is 2.81. The molecule has 1 aliphatic carbocycles. The van der Waals surface area contributed by atoms with Gasteiger partial charge >= 0.3 is 0 Å². The predicted molar refractivity (Wildman–Crippen MR) is 95.7 cm³/mol. The molecule has 1 aromatic rings. The van der Waals surface area contributed by atoms with E-state index in [2.05, 4.69) is 15.4 Å². The number of nitrogens with one attached hydrogen (secondary N) is 1. The number of hydrogen-bond acceptors (Lipinski definition) is 5. The first-order chi connectivity index (χ1) is 12.3. The van der Waals surface area contributed by atoms with Crippen LogP contribution < -0.4 is 5.32 Å². The lowest BCUT2D eigenvalue weighted by Crippen LogP contribution is -2.38. The van der Waals surface area contributed by atoms with Crippen LogP contribution in [0, 0.1) is 5.92 Å². The zero-order valence-corrected chi connectivity index (χ0v) is 15.3. The van der Waals surface area contributed by atoms with Gasteiger partial charge in [-0.25, -0.2) is 0 Å². The SMILES string of the molecule is COCCNC(=O)c1cc([C@H]2CCCN(CC3CCCCC3)C2)no1. The van der Waals surface area contributed by atoms with Gasteiger partial charge in [0.15, 0.2) is 0 Å². The van der Waals surface area contributed by atoms with E-state index in [-0.39, 0.29) is 5.91 Å². The van der Waals surface area contributed by atoms with Crippen molar-refractivity contribution in [2.75, 3.05) is 39.9 Å². The van der Waals surface area contributed by atoms with Gasteiger partial charge in [-0.2, -0.15) is 0 Å². The molecule has 6 nitrogen and oxygen atoms in total. The summed E-state index contributed by atoms with van der Waals surface area (Å²) in [6.45, 7) is 4.41. The average Bonchev–Trinajstić information content (AvgIpc) is 3.13. The molecule has 0 bridgehead atoms. The molecular formula is C19H31N3O3. The summed E-state index contributed by atoms with van der Waals surface area (Å²) in [5.74, 6) is 1.33. The summed E-state index contributed by atoms with van der Waals surface area (Å²) in [7, 11) is 1.61. The van der Waals surface area contributed by atoms with Crippen LogP contribution in [0.15, 0.2) is 10.6 Å². The van der Waals surface area contributed by atoms with Crippen LogP contribution in [0.4, 0.5) is 0 Å². The molecule has 1 saturated heterocycles. The molecule has 1 aliphatic heterocycles. The third-order valence-corrected chi connectivity index (χ3v) is 5.51. The van der Waals surface area contributed by atoms with Gasteiger partial charge in [-0.15, -0.1) is 0 Å². The number of carbonyl (C=O) groups excluding carboxylic acids is 1. The third-order valence-electron chi connectivity index (χ3n) is 5.51. The Labute approximate surface area is 150 Å². The molecule has 0 aromatic carbocycles. The van der Waals surface area contributed by atoms with Crippen molar-refractivity contribution in [1.82, 2.24) is 15.4 Å². The van der Waals surface area contributed by atoms with Gasteiger partial charge in [-0.1, -0.05) is 24.4 Å². The first-order valence-corrected chi connectivity index (χ1v) is 9.72. The van der Waals surface area contributed by atoms with E-state index in [1.165, 1.54) is 51.6 Å². The molecule has 2 aliphatic rings. The Bertz CT molecular complexity index is 540. The Kier molecular flexibility index (Phi) is 6.87. The van der Waals surface area contributed by atoms with Gasteiger partial charge in [0.05, 0.1) is 12.3 Å². The number of rotatable bonds is 7. The molecule has 1 aromatic heterocycles. The van der Waals surface area contributed by atoms with Crippen LogP contribution in [0.25, 0.3) is 0 Å². The Morgan fingerprint density at radius 1 is 1.32 bits per heavy atom. The summed E-state index contributed by atoms with van der Waals surface area (Å²) in [6, 6.07) is 1.82. The smallest absolute Gasteiger partial charge is 0.289 e. The molecule has 140 valence electrons. The van der Waals surface area contributed by atoms with Crippen LogP contribution in [0.1, 0.15) is 67.1 Å². The van der Waals surface area contributed by atoms with Gasteiger partial charge in [0, 0.05) is 38.7 Å². The monoisotopic (exact) mass is 349 g/mol. The minimum atomic E-state index is -0.217. The number of methoxy groups -OCH3 is 1. The van der Waals surface area contributed by atoms with E-state index in [0.717, 1.165) is 24.6 Å². The maximum absolute atomic E-state index is 12.0. The Balaban J connectivity index is 1.51. The van der Waals surface area contributed by atoms with Crippen LogP contribution in [0.5, 0.6) is 0 Å². The summed E-state index contributed by atoms with van der Waals surface area (Å²) >= 11 is 0. The number of likely N-dealkylation sites (tertiary alicyclic amines) is 1. The fourth-order valence-corrected chi connectivity index (χ4v) is 4.14. The highest BCUT2D eigenvalue weighted by Gasteiger charge is 2.27. The lowest BCUT2D eigenvalue weighted by molar-refractivity contribution is 0.0900. The van der Waals surface area contributed by atoms with Crippen LogP contribution >= 0.6 is 0 Å². The molecular weight excluding hydrogens is 318 g/mol. The van der Waals surface area contributed by atoms with E-state index >= 15 is 0 Å². The highest BCUT2D eigenvalue weighted by molar-refractivity contribution is 5.91. The number of ether oxygens (including phenoxy) is 1. The van der Waals surface area contributed by atoms with Crippen molar-refractivity contribution >= 4 is 5.91 Å². The Morgan fingerprint density at radius 3 is 2.96 bits per heavy atom. The van der Waals surface area contributed by atoms with Gasteiger partial charge in [-0.3, -0.25) is 4.79 Å². The van der Waals surface area contributed by atoms with E-state index in [4.69, 9.17) is 9.26 Å². The van der Waals surface area contributed by atoms with Crippen molar-refractivity contribution in [3.63, 3.8) is 0 Å². The normalized spacial score (nSPS) is 22.8. The Morgan fingerprint density at radius 2 is 2.16 bits per heavy atom. The summed E-state index contributed by atoms with van der Waals surface area (Å²) in [4.78, 5) is 14.6. The summed E-state index contributed by atoms with van der Waals surface area (Å²) in [5, 5.41) is 6.95. The van der Waals surface area contributed by atoms with Crippen LogP contribution in [0.3, 0.4) is 0 Å². The van der Waals surface area contributed by atoms with Crippen LogP contribution in [-0.2, 0) is 4.74 Å². The summed E-state index contributed by atoms with van der Waals surface area (Å²) in [5.41, 5.74) is 0.922. The Hall–Kier alpha value is -1.40. The molecule has 2 fully saturated rings. The standard InChI is InChI=1S/C19H31N3O3/c1-24-11-9-20-19(23)18-12-17(21-25-18)16-8-5-10-22(14-16)13-15-6-3-2-4-7-15/h12,15-16H,2-11,13-14H2,1H3,(H,20,23)/t16-/m0/s1. The minimum absolute atomic E-state index is 0.217. The second kappa shape index (κ2) is 9.34. The van der Waals surface area contributed by atoms with Gasteiger partial charge in [0.1, 0.15) is 0 Å². The molecule has 0 radical (unpaired) electrons. The number of aromatic nitrogens is 1. The maximum Gasteiger partial charge on any atom is 0.289 e. The minimum Gasteiger partial charge on any atom is -0.383 e. The highest BCUT2D eigenvalue weighted by Crippen LogP contribution is 2.30. The summed E-state index contributed by atoms with van der Waals surface area (Å²) < 4.78 is 10.2. The molecule has 1 N–H and O–H groups in total. The third kappa shape index (κ3) is 5.28.